The van der Waals surface area contributed by atoms with Gasteiger partial charge in [-0.3, -0.25) is 4.79 Å². The number of Topliss-reactive ketones (excluding diaryl/α,β-unsaturated/α-hetero) is 1. The van der Waals surface area contributed by atoms with Gasteiger partial charge in [0.25, 0.3) is 0 Å². The summed E-state index contributed by atoms with van der Waals surface area (Å²) in [6.45, 7) is 9.01. The lowest BCUT2D eigenvalue weighted by molar-refractivity contribution is -0.126. The van der Waals surface area contributed by atoms with Crippen LogP contribution in [0.25, 0.3) is 0 Å². The maximum Gasteiger partial charge on any atom is 0.138 e. The van der Waals surface area contributed by atoms with Crippen molar-refractivity contribution in [3.8, 4) is 0 Å². The van der Waals surface area contributed by atoms with Crippen molar-refractivity contribution in [1.29, 1.82) is 0 Å². The molecule has 0 saturated carbocycles. The van der Waals surface area contributed by atoms with Gasteiger partial charge in [0.1, 0.15) is 5.78 Å². The van der Waals surface area contributed by atoms with E-state index in [4.69, 9.17) is 0 Å². The molecule has 2 heteroatoms. The Morgan fingerprint density at radius 1 is 1.58 bits per heavy atom. The van der Waals surface area contributed by atoms with E-state index in [0.29, 0.717) is 6.42 Å². The average molecular weight is 170 g/mol. The Bertz CT molecular complexity index is 163. The molecule has 0 radical (unpaired) electrons. The summed E-state index contributed by atoms with van der Waals surface area (Å²) in [5, 5.41) is 9.60. The first-order valence-electron chi connectivity index (χ1n) is 4.37. The number of aliphatic hydroxyl groups is 1. The highest BCUT2D eigenvalue weighted by atomic mass is 16.3. The van der Waals surface area contributed by atoms with Crippen LogP contribution >= 0.6 is 0 Å². The molecule has 0 heterocycles. The Balaban J connectivity index is 4.17. The molecule has 0 aliphatic rings. The van der Waals surface area contributed by atoms with Crippen molar-refractivity contribution >= 4 is 5.78 Å². The second-order valence-corrected chi connectivity index (χ2v) is 3.19. The largest absolute Gasteiger partial charge is 0.392 e. The number of hydrogen-bond donors (Lipinski definition) is 1. The fourth-order valence-corrected chi connectivity index (χ4v) is 1.11. The van der Waals surface area contributed by atoms with Crippen LogP contribution in [0.4, 0.5) is 0 Å². The third kappa shape index (κ3) is 2.78. The van der Waals surface area contributed by atoms with Gasteiger partial charge in [-0.25, -0.2) is 0 Å². The van der Waals surface area contributed by atoms with Crippen molar-refractivity contribution in [3.63, 3.8) is 0 Å². The van der Waals surface area contributed by atoms with Gasteiger partial charge in [-0.1, -0.05) is 26.8 Å². The summed E-state index contributed by atoms with van der Waals surface area (Å²) in [6.07, 6.45) is 1.57. The van der Waals surface area contributed by atoms with Gasteiger partial charge < -0.3 is 5.11 Å². The molecule has 0 aliphatic carbocycles. The fraction of sp³-hybridized carbons (Fsp3) is 0.700. The van der Waals surface area contributed by atoms with Crippen LogP contribution in [-0.2, 0) is 4.79 Å². The van der Waals surface area contributed by atoms with Crippen LogP contribution in [0.3, 0.4) is 0 Å². The van der Waals surface area contributed by atoms with Crippen molar-refractivity contribution in [2.75, 3.05) is 0 Å². The van der Waals surface area contributed by atoms with Gasteiger partial charge in [-0.2, -0.15) is 0 Å². The Morgan fingerprint density at radius 2 is 2.08 bits per heavy atom. The van der Waals surface area contributed by atoms with E-state index in [-0.39, 0.29) is 17.6 Å². The number of carbonyl (C=O) groups excluding carboxylic acids is 1. The molecule has 0 aliphatic heterocycles. The van der Waals surface area contributed by atoms with E-state index in [2.05, 4.69) is 6.58 Å². The molecule has 0 saturated heterocycles. The Hall–Kier alpha value is -0.630. The van der Waals surface area contributed by atoms with E-state index in [1.807, 2.05) is 13.8 Å². The molecule has 0 bridgehead atoms. The third-order valence-electron chi connectivity index (χ3n) is 2.28. The highest BCUT2D eigenvalue weighted by molar-refractivity contribution is 5.80. The molecule has 0 fully saturated rings. The molecule has 0 unspecified atom stereocenters. The molecular weight excluding hydrogens is 152 g/mol. The van der Waals surface area contributed by atoms with E-state index >= 15 is 0 Å². The second kappa shape index (κ2) is 5.09. The zero-order valence-electron chi connectivity index (χ0n) is 8.08. The van der Waals surface area contributed by atoms with Crippen LogP contribution in [-0.4, -0.2) is 17.0 Å². The maximum absolute atomic E-state index is 11.2. The second-order valence-electron chi connectivity index (χ2n) is 3.19. The van der Waals surface area contributed by atoms with E-state index in [1.54, 1.807) is 13.0 Å². The first-order valence-corrected chi connectivity index (χ1v) is 4.37. The molecule has 0 spiro atoms. The molecule has 0 aromatic carbocycles. The van der Waals surface area contributed by atoms with Gasteiger partial charge in [-0.05, 0) is 0 Å². The van der Waals surface area contributed by atoms with E-state index in [9.17, 15) is 9.90 Å². The first-order chi connectivity index (χ1) is 5.54. The third-order valence-corrected chi connectivity index (χ3v) is 2.28. The number of aliphatic hydroxyl groups excluding tert-OH is 1. The number of carbonyl (C=O) groups is 1. The maximum atomic E-state index is 11.2. The van der Waals surface area contributed by atoms with Crippen molar-refractivity contribution in [2.45, 2.75) is 33.3 Å². The van der Waals surface area contributed by atoms with Gasteiger partial charge >= 0.3 is 0 Å². The minimum Gasteiger partial charge on any atom is -0.392 e. The number of ketones is 1. The van der Waals surface area contributed by atoms with Crippen molar-refractivity contribution < 1.29 is 9.90 Å². The highest BCUT2D eigenvalue weighted by Crippen LogP contribution is 2.15. The van der Waals surface area contributed by atoms with Crippen LogP contribution in [0, 0.1) is 11.8 Å². The fourth-order valence-electron chi connectivity index (χ4n) is 1.11. The minimum absolute atomic E-state index is 0.0181. The van der Waals surface area contributed by atoms with E-state index in [1.165, 1.54) is 0 Å². The first kappa shape index (κ1) is 11.4. The smallest absolute Gasteiger partial charge is 0.138 e. The zero-order chi connectivity index (χ0) is 9.72. The molecule has 0 aromatic heterocycles. The van der Waals surface area contributed by atoms with Crippen LogP contribution < -0.4 is 0 Å². The Morgan fingerprint density at radius 3 is 2.42 bits per heavy atom. The van der Waals surface area contributed by atoms with E-state index < -0.39 is 6.10 Å². The normalized spacial score (nSPS) is 18.0. The number of rotatable bonds is 5. The molecule has 0 rings (SSSR count). The standard InChI is InChI=1S/C10H18O2/c1-5-7(3)10(12)8(4)9(11)6-2/h5,7-8,10,12H,1,6H2,2-4H3/t7-,8-,10-/m0/s1. The van der Waals surface area contributed by atoms with Gasteiger partial charge in [0.2, 0.25) is 0 Å². The monoisotopic (exact) mass is 170 g/mol. The van der Waals surface area contributed by atoms with Crippen molar-refractivity contribution in [2.24, 2.45) is 11.8 Å². The molecule has 1 N–H and O–H groups in total. The summed E-state index contributed by atoms with van der Waals surface area (Å²) in [5.74, 6) is -0.185. The lowest BCUT2D eigenvalue weighted by Gasteiger charge is -2.20. The predicted octanol–water partition coefficient (Wildman–Crippen LogP) is 1.78. The molecule has 0 amide bonds. The van der Waals surface area contributed by atoms with Crippen molar-refractivity contribution in [3.05, 3.63) is 12.7 Å². The predicted molar refractivity (Wildman–Crippen MR) is 49.8 cm³/mol. The highest BCUT2D eigenvalue weighted by Gasteiger charge is 2.23. The lowest BCUT2D eigenvalue weighted by atomic mass is 9.89. The molecule has 3 atom stereocenters. The molecule has 70 valence electrons. The van der Waals surface area contributed by atoms with Gasteiger partial charge in [0.15, 0.2) is 0 Å². The lowest BCUT2D eigenvalue weighted by Crippen LogP contribution is -2.29. The summed E-state index contributed by atoms with van der Waals surface area (Å²) in [7, 11) is 0. The van der Waals surface area contributed by atoms with Crippen LogP contribution in [0.2, 0.25) is 0 Å². The van der Waals surface area contributed by atoms with Crippen LogP contribution in [0.15, 0.2) is 12.7 Å². The molecular formula is C10H18O2. The van der Waals surface area contributed by atoms with Crippen LogP contribution in [0.1, 0.15) is 27.2 Å². The minimum atomic E-state index is -0.588. The Labute approximate surface area is 74.3 Å². The van der Waals surface area contributed by atoms with Gasteiger partial charge in [0, 0.05) is 18.3 Å². The average Bonchev–Trinajstić information content (AvgIpc) is 2.12. The SMILES string of the molecule is C=C[C@H](C)[C@H](O)[C@@H](C)C(=O)CC. The summed E-state index contributed by atoms with van der Waals surface area (Å²) in [6, 6.07) is 0. The van der Waals surface area contributed by atoms with Gasteiger partial charge in [0.05, 0.1) is 6.10 Å². The van der Waals surface area contributed by atoms with E-state index in [0.717, 1.165) is 0 Å². The van der Waals surface area contributed by atoms with Crippen molar-refractivity contribution in [1.82, 2.24) is 0 Å². The molecule has 0 aromatic rings. The number of hydrogen-bond acceptors (Lipinski definition) is 2. The quantitative estimate of drug-likeness (QED) is 0.639. The summed E-state index contributed by atoms with van der Waals surface area (Å²) in [5.41, 5.74) is 0. The summed E-state index contributed by atoms with van der Waals surface area (Å²) < 4.78 is 0. The topological polar surface area (TPSA) is 37.3 Å². The summed E-state index contributed by atoms with van der Waals surface area (Å²) >= 11 is 0. The van der Waals surface area contributed by atoms with Crippen LogP contribution in [0.5, 0.6) is 0 Å². The Kier molecular flexibility index (Phi) is 4.83. The molecule has 12 heavy (non-hydrogen) atoms. The molecule has 2 nitrogen and oxygen atoms in total. The summed E-state index contributed by atoms with van der Waals surface area (Å²) in [4.78, 5) is 11.2. The van der Waals surface area contributed by atoms with Gasteiger partial charge in [-0.15, -0.1) is 6.58 Å². The zero-order valence-corrected chi connectivity index (χ0v) is 8.08.